The Bertz CT molecular complexity index is 360. The zero-order valence-corrected chi connectivity index (χ0v) is 8.05. The first-order chi connectivity index (χ1) is 6.79. The number of fused-ring (bicyclic) bond motifs is 1. The van der Waals surface area contributed by atoms with Crippen molar-refractivity contribution in [1.29, 1.82) is 0 Å². The number of hydrogen-bond donors (Lipinski definition) is 2. The minimum atomic E-state index is -0.136. The first kappa shape index (κ1) is 9.21. The van der Waals surface area contributed by atoms with Gasteiger partial charge in [0.25, 0.3) is 0 Å². The molecule has 0 heterocycles. The van der Waals surface area contributed by atoms with Gasteiger partial charge < -0.3 is 11.1 Å². The summed E-state index contributed by atoms with van der Waals surface area (Å²) in [5, 5.41) is 2.76. The standard InChI is InChI=1S/C11H14N2O/c12-7-11(14)13-10-5-4-8-2-1-3-9(8)6-10/h4-6H,1-3,7,12H2,(H,13,14). The number of benzene rings is 1. The molecule has 0 atom stereocenters. The molecule has 0 aromatic heterocycles. The van der Waals surface area contributed by atoms with Crippen LogP contribution in [0.2, 0.25) is 0 Å². The molecule has 0 saturated carbocycles. The van der Waals surface area contributed by atoms with Crippen molar-refractivity contribution in [2.45, 2.75) is 19.3 Å². The zero-order chi connectivity index (χ0) is 9.97. The number of rotatable bonds is 2. The molecule has 3 heteroatoms. The molecule has 0 aliphatic heterocycles. The first-order valence-corrected chi connectivity index (χ1v) is 4.91. The molecule has 0 bridgehead atoms. The van der Waals surface area contributed by atoms with Crippen LogP contribution >= 0.6 is 0 Å². The minimum absolute atomic E-state index is 0.0388. The number of hydrogen-bond acceptors (Lipinski definition) is 2. The molecular formula is C11H14N2O. The second kappa shape index (κ2) is 3.80. The zero-order valence-electron chi connectivity index (χ0n) is 8.05. The third kappa shape index (κ3) is 1.77. The molecule has 0 saturated heterocycles. The molecule has 1 aromatic rings. The van der Waals surface area contributed by atoms with Gasteiger partial charge in [-0.15, -0.1) is 0 Å². The lowest BCUT2D eigenvalue weighted by molar-refractivity contribution is -0.114. The van der Waals surface area contributed by atoms with Crippen molar-refractivity contribution < 1.29 is 4.79 Å². The number of aryl methyl sites for hydroxylation is 2. The van der Waals surface area contributed by atoms with Crippen molar-refractivity contribution >= 4 is 11.6 Å². The average molecular weight is 190 g/mol. The van der Waals surface area contributed by atoms with Crippen LogP contribution in [0.3, 0.4) is 0 Å². The van der Waals surface area contributed by atoms with Gasteiger partial charge in [0.05, 0.1) is 6.54 Å². The summed E-state index contributed by atoms with van der Waals surface area (Å²) < 4.78 is 0. The summed E-state index contributed by atoms with van der Waals surface area (Å²) in [6, 6.07) is 6.09. The number of anilines is 1. The van der Waals surface area contributed by atoms with Crippen molar-refractivity contribution in [2.75, 3.05) is 11.9 Å². The molecule has 1 amide bonds. The van der Waals surface area contributed by atoms with Gasteiger partial charge in [-0.05, 0) is 42.5 Å². The Labute approximate surface area is 83.3 Å². The highest BCUT2D eigenvalue weighted by Gasteiger charge is 2.11. The summed E-state index contributed by atoms with van der Waals surface area (Å²) in [5.74, 6) is -0.136. The highest BCUT2D eigenvalue weighted by molar-refractivity contribution is 5.92. The SMILES string of the molecule is NCC(=O)Nc1ccc2c(c1)CCC2. The van der Waals surface area contributed by atoms with Crippen LogP contribution in [0.4, 0.5) is 5.69 Å². The van der Waals surface area contributed by atoms with Crippen LogP contribution in [-0.2, 0) is 17.6 Å². The predicted octanol–water partition coefficient (Wildman–Crippen LogP) is 1.07. The molecule has 1 aromatic carbocycles. The number of carbonyl (C=O) groups excluding carboxylic acids is 1. The van der Waals surface area contributed by atoms with Gasteiger partial charge in [-0.2, -0.15) is 0 Å². The quantitative estimate of drug-likeness (QED) is 0.733. The van der Waals surface area contributed by atoms with E-state index in [1.54, 1.807) is 0 Å². The third-order valence-corrected chi connectivity index (χ3v) is 2.57. The summed E-state index contributed by atoms with van der Waals surface area (Å²) in [7, 11) is 0. The Kier molecular flexibility index (Phi) is 2.50. The molecule has 0 fully saturated rings. The Balaban J connectivity index is 2.16. The van der Waals surface area contributed by atoms with E-state index in [0.717, 1.165) is 12.1 Å². The normalized spacial score (nSPS) is 13.8. The van der Waals surface area contributed by atoms with Crippen molar-refractivity contribution in [2.24, 2.45) is 5.73 Å². The minimum Gasteiger partial charge on any atom is -0.325 e. The van der Waals surface area contributed by atoms with E-state index in [-0.39, 0.29) is 12.5 Å². The number of nitrogens with one attached hydrogen (secondary N) is 1. The number of amides is 1. The van der Waals surface area contributed by atoms with Gasteiger partial charge in [0.15, 0.2) is 0 Å². The Morgan fingerprint density at radius 1 is 1.36 bits per heavy atom. The van der Waals surface area contributed by atoms with E-state index in [1.807, 2.05) is 6.07 Å². The molecule has 3 nitrogen and oxygen atoms in total. The molecule has 0 spiro atoms. The monoisotopic (exact) mass is 190 g/mol. The lowest BCUT2D eigenvalue weighted by Crippen LogP contribution is -2.21. The van der Waals surface area contributed by atoms with Gasteiger partial charge in [-0.25, -0.2) is 0 Å². The van der Waals surface area contributed by atoms with Gasteiger partial charge in [0.1, 0.15) is 0 Å². The molecule has 1 aliphatic carbocycles. The van der Waals surface area contributed by atoms with E-state index in [1.165, 1.54) is 24.0 Å². The average Bonchev–Trinajstić information content (AvgIpc) is 2.64. The topological polar surface area (TPSA) is 55.1 Å². The molecule has 74 valence electrons. The van der Waals surface area contributed by atoms with Crippen LogP contribution in [-0.4, -0.2) is 12.5 Å². The van der Waals surface area contributed by atoms with E-state index >= 15 is 0 Å². The predicted molar refractivity (Wildman–Crippen MR) is 56.2 cm³/mol. The highest BCUT2D eigenvalue weighted by atomic mass is 16.1. The Morgan fingerprint density at radius 2 is 2.14 bits per heavy atom. The summed E-state index contributed by atoms with van der Waals surface area (Å²) in [6.07, 6.45) is 3.52. The fourth-order valence-corrected chi connectivity index (χ4v) is 1.86. The number of carbonyl (C=O) groups is 1. The molecule has 0 unspecified atom stereocenters. The second-order valence-electron chi connectivity index (χ2n) is 3.59. The van der Waals surface area contributed by atoms with Gasteiger partial charge in [-0.3, -0.25) is 4.79 Å². The lowest BCUT2D eigenvalue weighted by atomic mass is 10.1. The summed E-state index contributed by atoms with van der Waals surface area (Å²) >= 11 is 0. The Hall–Kier alpha value is -1.35. The third-order valence-electron chi connectivity index (χ3n) is 2.57. The smallest absolute Gasteiger partial charge is 0.238 e. The van der Waals surface area contributed by atoms with Crippen molar-refractivity contribution in [1.82, 2.24) is 0 Å². The van der Waals surface area contributed by atoms with Gasteiger partial charge in [0.2, 0.25) is 5.91 Å². The maximum atomic E-state index is 11.0. The Morgan fingerprint density at radius 3 is 2.93 bits per heavy atom. The van der Waals surface area contributed by atoms with E-state index < -0.39 is 0 Å². The number of nitrogens with two attached hydrogens (primary N) is 1. The summed E-state index contributed by atoms with van der Waals surface area (Å²) in [4.78, 5) is 11.0. The second-order valence-corrected chi connectivity index (χ2v) is 3.59. The largest absolute Gasteiger partial charge is 0.325 e. The van der Waals surface area contributed by atoms with E-state index in [2.05, 4.69) is 17.4 Å². The van der Waals surface area contributed by atoms with Crippen molar-refractivity contribution in [3.8, 4) is 0 Å². The van der Waals surface area contributed by atoms with Crippen LogP contribution in [0, 0.1) is 0 Å². The fourth-order valence-electron chi connectivity index (χ4n) is 1.86. The molecular weight excluding hydrogens is 176 g/mol. The lowest BCUT2D eigenvalue weighted by Gasteiger charge is -2.05. The molecule has 1 aliphatic rings. The van der Waals surface area contributed by atoms with Crippen molar-refractivity contribution in [3.63, 3.8) is 0 Å². The van der Waals surface area contributed by atoms with E-state index in [9.17, 15) is 4.79 Å². The fraction of sp³-hybridized carbons (Fsp3) is 0.364. The van der Waals surface area contributed by atoms with Gasteiger partial charge in [-0.1, -0.05) is 6.07 Å². The maximum Gasteiger partial charge on any atom is 0.238 e. The van der Waals surface area contributed by atoms with E-state index in [0.29, 0.717) is 0 Å². The van der Waals surface area contributed by atoms with Crippen molar-refractivity contribution in [3.05, 3.63) is 29.3 Å². The van der Waals surface area contributed by atoms with Gasteiger partial charge >= 0.3 is 0 Å². The van der Waals surface area contributed by atoms with Gasteiger partial charge in [0, 0.05) is 5.69 Å². The van der Waals surface area contributed by atoms with Crippen LogP contribution in [0.1, 0.15) is 17.5 Å². The summed E-state index contributed by atoms with van der Waals surface area (Å²) in [6.45, 7) is 0.0388. The molecule has 2 rings (SSSR count). The van der Waals surface area contributed by atoms with Crippen LogP contribution in [0.25, 0.3) is 0 Å². The maximum absolute atomic E-state index is 11.0. The first-order valence-electron chi connectivity index (χ1n) is 4.91. The van der Waals surface area contributed by atoms with Crippen LogP contribution in [0.5, 0.6) is 0 Å². The molecule has 14 heavy (non-hydrogen) atoms. The molecule has 3 N–H and O–H groups in total. The van der Waals surface area contributed by atoms with E-state index in [4.69, 9.17) is 5.73 Å². The summed E-state index contributed by atoms with van der Waals surface area (Å²) in [5.41, 5.74) is 8.86. The van der Waals surface area contributed by atoms with Crippen LogP contribution < -0.4 is 11.1 Å². The highest BCUT2D eigenvalue weighted by Crippen LogP contribution is 2.24. The van der Waals surface area contributed by atoms with Crippen LogP contribution in [0.15, 0.2) is 18.2 Å². The molecule has 0 radical (unpaired) electrons.